The van der Waals surface area contributed by atoms with E-state index < -0.39 is 5.41 Å². The second-order valence-corrected chi connectivity index (χ2v) is 5.28. The molecule has 0 bridgehead atoms. The van der Waals surface area contributed by atoms with E-state index in [4.69, 9.17) is 11.8 Å². The minimum Gasteiger partial charge on any atom is -0.397 e. The molecular weight excluding hydrogens is 269 g/mol. The summed E-state index contributed by atoms with van der Waals surface area (Å²) in [4.78, 5) is 22.3. The molecule has 0 spiro atoms. The van der Waals surface area contributed by atoms with Crippen LogP contribution in [-0.4, -0.2) is 16.7 Å². The molecule has 2 amide bonds. The Morgan fingerprint density at radius 1 is 1.30 bits per heavy atom. The fourth-order valence-electron chi connectivity index (χ4n) is 2.24. The predicted molar refractivity (Wildman–Crippen MR) is 76.0 cm³/mol. The molecule has 0 saturated carbocycles. The molecule has 5 heteroatoms. The van der Waals surface area contributed by atoms with Gasteiger partial charge in [0.1, 0.15) is 0 Å². The first kappa shape index (κ1) is 19.2. The molecule has 0 radical (unpaired) electrons. The number of amides is 2. The van der Waals surface area contributed by atoms with E-state index in [2.05, 4.69) is 0 Å². The average Bonchev–Trinajstić information content (AvgIpc) is 2.75. The maximum absolute atomic E-state index is 11.9. The molecule has 3 nitrogen and oxygen atoms in total. The summed E-state index contributed by atoms with van der Waals surface area (Å²) in [5.41, 5.74) is 1.67. The standard InChI is InChI=1S/C12H11ClNO2.C3H7.Li/c1-12(11(16)14(13)8-15)6-9-4-2-3-5-10(9)7-12;1-3-2;/h2-5H,6-7H2,1H3;3H,1-2H3;/q2*-1;+1. The zero-order chi connectivity index (χ0) is 14.5. The molecular formula is C15H18ClLiNO2-. The molecule has 1 aromatic rings. The number of nitrogens with zero attached hydrogens (tertiary/aromatic N) is 1. The van der Waals surface area contributed by atoms with Gasteiger partial charge in [0.05, 0.1) is 12.3 Å². The van der Waals surface area contributed by atoms with Crippen LogP contribution in [0.25, 0.3) is 0 Å². The van der Waals surface area contributed by atoms with E-state index in [9.17, 15) is 9.59 Å². The second kappa shape index (κ2) is 8.52. The largest absolute Gasteiger partial charge is 1.00 e. The molecule has 2 rings (SSSR count). The molecule has 20 heavy (non-hydrogen) atoms. The number of halogens is 1. The van der Waals surface area contributed by atoms with E-state index in [-0.39, 0.29) is 24.8 Å². The van der Waals surface area contributed by atoms with Crippen LogP contribution in [0, 0.1) is 11.8 Å². The molecule has 0 fully saturated rings. The smallest absolute Gasteiger partial charge is 0.397 e. The number of hydrogen-bond acceptors (Lipinski definition) is 2. The van der Waals surface area contributed by atoms with Crippen molar-refractivity contribution in [3.05, 3.63) is 41.8 Å². The van der Waals surface area contributed by atoms with Gasteiger partial charge in [0.15, 0.2) is 0 Å². The zero-order valence-corrected chi connectivity index (χ0v) is 13.2. The molecule has 0 N–H and O–H groups in total. The quantitative estimate of drug-likeness (QED) is 0.334. The molecule has 0 aromatic heterocycles. The fraction of sp³-hybridized carbons (Fsp3) is 0.400. The summed E-state index contributed by atoms with van der Waals surface area (Å²) < 4.78 is 0.492. The maximum Gasteiger partial charge on any atom is 1.00 e. The van der Waals surface area contributed by atoms with Crippen molar-refractivity contribution in [1.82, 2.24) is 4.42 Å². The summed E-state index contributed by atoms with van der Waals surface area (Å²) in [6, 6.07) is 7.88. The van der Waals surface area contributed by atoms with Crippen molar-refractivity contribution in [2.45, 2.75) is 33.6 Å². The van der Waals surface area contributed by atoms with Crippen LogP contribution in [0.5, 0.6) is 0 Å². The van der Waals surface area contributed by atoms with Gasteiger partial charge in [0, 0.05) is 0 Å². The number of hydrogen-bond donors (Lipinski definition) is 0. The monoisotopic (exact) mass is 286 g/mol. The molecule has 0 aliphatic heterocycles. The first-order chi connectivity index (χ1) is 8.98. The van der Waals surface area contributed by atoms with Crippen LogP contribution < -0.4 is 18.9 Å². The zero-order valence-electron chi connectivity index (χ0n) is 12.4. The Hall–Kier alpha value is -0.753. The van der Waals surface area contributed by atoms with Crippen molar-refractivity contribution >= 4 is 24.1 Å². The van der Waals surface area contributed by atoms with E-state index in [0.29, 0.717) is 17.3 Å². The molecule has 0 unspecified atom stereocenters. The molecule has 1 aliphatic rings. The van der Waals surface area contributed by atoms with Gasteiger partial charge in [-0.15, -0.1) is 0 Å². The van der Waals surface area contributed by atoms with Crippen LogP contribution in [0.2, 0.25) is 0 Å². The summed E-state index contributed by atoms with van der Waals surface area (Å²) >= 11 is 5.49. The Labute approximate surface area is 138 Å². The molecule has 1 aliphatic carbocycles. The average molecular weight is 287 g/mol. The van der Waals surface area contributed by atoms with Crippen LogP contribution in [0.3, 0.4) is 0 Å². The van der Waals surface area contributed by atoms with Gasteiger partial charge >= 0.3 is 18.9 Å². The third kappa shape index (κ3) is 4.38. The number of carbonyl (C=O) groups excluding carboxylic acids is 2. The third-order valence-corrected chi connectivity index (χ3v) is 3.28. The topological polar surface area (TPSA) is 37.4 Å². The normalized spacial score (nSPS) is 14.2. The fourth-order valence-corrected chi connectivity index (χ4v) is 2.44. The van der Waals surface area contributed by atoms with Crippen LogP contribution in [0.4, 0.5) is 0 Å². The van der Waals surface area contributed by atoms with Crippen molar-refractivity contribution in [2.75, 3.05) is 0 Å². The van der Waals surface area contributed by atoms with E-state index >= 15 is 0 Å². The Bertz CT molecular complexity index is 440. The molecule has 0 atom stereocenters. The summed E-state index contributed by atoms with van der Waals surface area (Å²) in [6.45, 7) is 5.82. The number of fused-ring (bicyclic) bond motifs is 1. The van der Waals surface area contributed by atoms with Gasteiger partial charge in [-0.3, -0.25) is 0 Å². The minimum atomic E-state index is -0.622. The maximum atomic E-state index is 11.9. The van der Waals surface area contributed by atoms with Crippen molar-refractivity contribution < 1.29 is 28.4 Å². The van der Waals surface area contributed by atoms with Crippen molar-refractivity contribution in [3.63, 3.8) is 0 Å². The molecule has 1 aromatic carbocycles. The van der Waals surface area contributed by atoms with E-state index in [1.165, 1.54) is 6.41 Å². The molecule has 0 saturated heterocycles. The Kier molecular flexibility index (Phi) is 8.20. The van der Waals surface area contributed by atoms with Gasteiger partial charge in [0.2, 0.25) is 0 Å². The van der Waals surface area contributed by atoms with Gasteiger partial charge < -0.3 is 20.4 Å². The Morgan fingerprint density at radius 3 is 2.05 bits per heavy atom. The van der Waals surface area contributed by atoms with Gasteiger partial charge in [0.25, 0.3) is 0 Å². The summed E-state index contributed by atoms with van der Waals surface area (Å²) in [5, 5.41) is 0. The number of rotatable bonds is 2. The first-order valence-electron chi connectivity index (χ1n) is 6.17. The summed E-state index contributed by atoms with van der Waals surface area (Å²) in [5.74, 6) is -0.389. The first-order valence-corrected chi connectivity index (χ1v) is 6.51. The van der Waals surface area contributed by atoms with Gasteiger partial charge in [-0.2, -0.15) is 13.8 Å². The molecule has 104 valence electrons. The van der Waals surface area contributed by atoms with Crippen LogP contribution >= 0.6 is 11.8 Å². The SMILES string of the molecule is CC1(C(=O)N(Cl)[C-]=O)Cc2ccccc2C1.C[CH-]C.[Li+]. The summed E-state index contributed by atoms with van der Waals surface area (Å²) in [7, 11) is 0. The van der Waals surface area contributed by atoms with E-state index in [1.54, 1.807) is 0 Å². The van der Waals surface area contributed by atoms with E-state index in [0.717, 1.165) is 11.1 Å². The number of benzene rings is 1. The molecule has 0 heterocycles. The van der Waals surface area contributed by atoms with Crippen molar-refractivity contribution in [1.29, 1.82) is 0 Å². The number of carbonyl (C=O) groups is 1. The Balaban J connectivity index is 0.000000830. The van der Waals surface area contributed by atoms with Gasteiger partial charge in [-0.1, -0.05) is 31.2 Å². The van der Waals surface area contributed by atoms with Crippen LogP contribution in [0.1, 0.15) is 31.9 Å². The number of imide groups is 1. The minimum absolute atomic E-state index is 0. The predicted octanol–water partition coefficient (Wildman–Crippen LogP) is 0.0756. The van der Waals surface area contributed by atoms with Gasteiger partial charge in [-0.05, 0) is 41.2 Å². The third-order valence-electron chi connectivity index (χ3n) is 3.05. The second-order valence-electron chi connectivity index (χ2n) is 4.94. The van der Waals surface area contributed by atoms with Crippen molar-refractivity contribution in [3.8, 4) is 0 Å². The van der Waals surface area contributed by atoms with Crippen molar-refractivity contribution in [2.24, 2.45) is 5.41 Å². The van der Waals surface area contributed by atoms with E-state index in [1.807, 2.05) is 51.5 Å². The van der Waals surface area contributed by atoms with Crippen LogP contribution in [0.15, 0.2) is 24.3 Å². The summed E-state index contributed by atoms with van der Waals surface area (Å²) in [6.07, 6.45) is 4.63. The van der Waals surface area contributed by atoms with Gasteiger partial charge in [-0.25, -0.2) is 0 Å². The van der Waals surface area contributed by atoms with Crippen LogP contribution in [-0.2, 0) is 22.4 Å². The Morgan fingerprint density at radius 2 is 1.70 bits per heavy atom.